The lowest BCUT2D eigenvalue weighted by Gasteiger charge is -2.31. The Kier molecular flexibility index (Phi) is 6.04. The highest BCUT2D eigenvalue weighted by Gasteiger charge is 2.37. The summed E-state index contributed by atoms with van der Waals surface area (Å²) in [5, 5.41) is 2.57. The summed E-state index contributed by atoms with van der Waals surface area (Å²) in [6, 6.07) is 24.1. The van der Waals surface area contributed by atoms with E-state index in [2.05, 4.69) is 0 Å². The smallest absolute Gasteiger partial charge is 0.177 e. The third-order valence-electron chi connectivity index (χ3n) is 5.11. The summed E-state index contributed by atoms with van der Waals surface area (Å²) in [7, 11) is 8.82. The van der Waals surface area contributed by atoms with Crippen LogP contribution in [-0.4, -0.2) is 42.3 Å². The summed E-state index contributed by atoms with van der Waals surface area (Å²) >= 11 is 0. The third-order valence-corrected chi connectivity index (χ3v) is 8.28. The van der Waals surface area contributed by atoms with Crippen LogP contribution in [0.1, 0.15) is 0 Å². The van der Waals surface area contributed by atoms with Gasteiger partial charge >= 0.3 is 0 Å². The van der Waals surface area contributed by atoms with Gasteiger partial charge in [-0.25, -0.2) is 0 Å². The van der Waals surface area contributed by atoms with Crippen LogP contribution in [0, 0.1) is 0 Å². The first-order chi connectivity index (χ1) is 13.8. The van der Waals surface area contributed by atoms with Crippen LogP contribution in [-0.2, 0) is 4.57 Å². The topological polar surface area (TPSA) is 26.8 Å². The number of nitrogens with zero attached hydrogens (tertiary/aromatic N) is 3. The van der Waals surface area contributed by atoms with E-state index in [0.29, 0.717) is 0 Å². The molecule has 0 aliphatic rings. The molecular weight excluding hydrogens is 377 g/mol. The number of para-hydroxylation sites is 3. The average molecular weight is 407 g/mol. The molecule has 152 valence electrons. The maximum Gasteiger partial charge on any atom is 0.177 e. The minimum Gasteiger partial charge on any atom is -0.377 e. The lowest BCUT2D eigenvalue weighted by molar-refractivity contribution is 0.592. The van der Waals surface area contributed by atoms with Gasteiger partial charge in [0.25, 0.3) is 0 Å². The van der Waals surface area contributed by atoms with E-state index in [-0.39, 0.29) is 0 Å². The summed E-state index contributed by atoms with van der Waals surface area (Å²) in [6.45, 7) is 0. The van der Waals surface area contributed by atoms with Gasteiger partial charge in [-0.3, -0.25) is 0 Å². The van der Waals surface area contributed by atoms with Crippen molar-refractivity contribution >= 4 is 40.1 Å². The molecule has 0 aliphatic heterocycles. The van der Waals surface area contributed by atoms with Gasteiger partial charge in [0.05, 0.1) is 0 Å². The summed E-state index contributed by atoms with van der Waals surface area (Å²) < 4.78 is 15.3. The molecule has 0 atom stereocenters. The van der Waals surface area contributed by atoms with Crippen molar-refractivity contribution in [3.63, 3.8) is 0 Å². The average Bonchev–Trinajstić information content (AvgIpc) is 2.73. The monoisotopic (exact) mass is 407 g/mol. The van der Waals surface area contributed by atoms with Gasteiger partial charge in [-0.05, 0) is 36.4 Å². The van der Waals surface area contributed by atoms with Gasteiger partial charge < -0.3 is 19.3 Å². The van der Waals surface area contributed by atoms with Crippen LogP contribution in [0.4, 0.5) is 17.1 Å². The fourth-order valence-corrected chi connectivity index (χ4v) is 7.17. The Bertz CT molecular complexity index is 912. The molecule has 0 aromatic heterocycles. The van der Waals surface area contributed by atoms with Crippen molar-refractivity contribution < 1.29 is 4.57 Å². The van der Waals surface area contributed by atoms with Crippen molar-refractivity contribution in [2.24, 2.45) is 0 Å². The van der Waals surface area contributed by atoms with E-state index in [1.54, 1.807) is 0 Å². The second-order valence-corrected chi connectivity index (χ2v) is 10.4. The highest BCUT2D eigenvalue weighted by atomic mass is 31.2. The van der Waals surface area contributed by atoms with E-state index in [0.717, 1.165) is 33.0 Å². The van der Waals surface area contributed by atoms with Crippen molar-refractivity contribution in [2.45, 2.75) is 0 Å². The summed E-state index contributed by atoms with van der Waals surface area (Å²) in [6.07, 6.45) is 0. The number of hydrogen-bond acceptors (Lipinski definition) is 4. The number of hydrogen-bond donors (Lipinski definition) is 0. The molecule has 0 aliphatic carbocycles. The molecule has 0 fully saturated rings. The van der Waals surface area contributed by atoms with E-state index < -0.39 is 7.14 Å². The maximum atomic E-state index is 15.3. The van der Waals surface area contributed by atoms with Gasteiger partial charge in [0, 0.05) is 75.3 Å². The number of anilines is 3. The van der Waals surface area contributed by atoms with E-state index in [4.69, 9.17) is 0 Å². The highest BCUT2D eigenvalue weighted by molar-refractivity contribution is 7.86. The Morgan fingerprint density at radius 2 is 0.724 bits per heavy atom. The highest BCUT2D eigenvalue weighted by Crippen LogP contribution is 2.49. The minimum atomic E-state index is -3.18. The van der Waals surface area contributed by atoms with E-state index in [1.165, 1.54) is 0 Å². The quantitative estimate of drug-likeness (QED) is 0.584. The molecule has 3 aromatic rings. The molecule has 0 bridgehead atoms. The number of benzene rings is 3. The molecule has 0 N–H and O–H groups in total. The van der Waals surface area contributed by atoms with Gasteiger partial charge in [-0.1, -0.05) is 36.4 Å². The molecule has 0 heterocycles. The van der Waals surface area contributed by atoms with Gasteiger partial charge in [-0.2, -0.15) is 0 Å². The Hall–Kier alpha value is -2.71. The second kappa shape index (κ2) is 8.34. The fraction of sp³-hybridized carbons (Fsp3) is 0.250. The molecule has 29 heavy (non-hydrogen) atoms. The fourth-order valence-electron chi connectivity index (χ4n) is 3.72. The van der Waals surface area contributed by atoms with Crippen molar-refractivity contribution in [1.82, 2.24) is 0 Å². The first-order valence-corrected chi connectivity index (χ1v) is 11.4. The molecule has 0 unspecified atom stereocenters. The van der Waals surface area contributed by atoms with E-state index in [1.807, 2.05) is 130 Å². The molecule has 0 saturated carbocycles. The van der Waals surface area contributed by atoms with E-state index in [9.17, 15) is 0 Å². The van der Waals surface area contributed by atoms with Crippen LogP contribution in [0.3, 0.4) is 0 Å². The molecule has 0 spiro atoms. The first kappa shape index (κ1) is 21.0. The third kappa shape index (κ3) is 3.77. The molecular formula is C24H30N3OP. The Balaban J connectivity index is 2.48. The Labute approximate surface area is 174 Å². The van der Waals surface area contributed by atoms with Crippen LogP contribution < -0.4 is 30.6 Å². The molecule has 4 nitrogen and oxygen atoms in total. The van der Waals surface area contributed by atoms with Crippen molar-refractivity contribution in [3.05, 3.63) is 72.8 Å². The summed E-state index contributed by atoms with van der Waals surface area (Å²) in [5.74, 6) is 0. The SMILES string of the molecule is CN(C)c1ccccc1P(=O)(c1ccccc1N(C)C)c1ccccc1N(C)C. The van der Waals surface area contributed by atoms with Crippen molar-refractivity contribution in [2.75, 3.05) is 57.0 Å². The molecule has 0 radical (unpaired) electrons. The molecule has 3 aromatic carbocycles. The summed E-state index contributed by atoms with van der Waals surface area (Å²) in [5.41, 5.74) is 2.91. The van der Waals surface area contributed by atoms with Crippen molar-refractivity contribution in [3.8, 4) is 0 Å². The van der Waals surface area contributed by atoms with Crippen LogP contribution in [0.25, 0.3) is 0 Å². The zero-order chi connectivity index (χ0) is 21.2. The Morgan fingerprint density at radius 1 is 0.483 bits per heavy atom. The maximum absolute atomic E-state index is 15.3. The lowest BCUT2D eigenvalue weighted by Crippen LogP contribution is -2.33. The van der Waals surface area contributed by atoms with Gasteiger partial charge in [-0.15, -0.1) is 0 Å². The van der Waals surface area contributed by atoms with Gasteiger partial charge in [0.2, 0.25) is 0 Å². The predicted molar refractivity (Wildman–Crippen MR) is 129 cm³/mol. The zero-order valence-corrected chi connectivity index (χ0v) is 19.0. The molecule has 0 saturated heterocycles. The second-order valence-electron chi connectivity index (χ2n) is 7.76. The van der Waals surface area contributed by atoms with Gasteiger partial charge in [0.1, 0.15) is 0 Å². The molecule has 0 amide bonds. The summed E-state index contributed by atoms with van der Waals surface area (Å²) in [4.78, 5) is 6.12. The Morgan fingerprint density at radius 3 is 0.966 bits per heavy atom. The minimum absolute atomic E-state index is 0.855. The standard InChI is InChI=1S/C24H30N3OP/c1-25(2)19-13-7-10-16-22(19)29(28,23-17-11-8-14-20(23)26(3)4)24-18-12-9-15-21(24)27(5)6/h7-18H,1-6H3. The van der Waals surface area contributed by atoms with E-state index >= 15 is 4.57 Å². The largest absolute Gasteiger partial charge is 0.377 e. The lowest BCUT2D eigenvalue weighted by atomic mass is 10.3. The van der Waals surface area contributed by atoms with Crippen LogP contribution in [0.2, 0.25) is 0 Å². The molecule has 5 heteroatoms. The zero-order valence-electron chi connectivity index (χ0n) is 18.1. The van der Waals surface area contributed by atoms with Crippen molar-refractivity contribution in [1.29, 1.82) is 0 Å². The predicted octanol–water partition coefficient (Wildman–Crippen LogP) is 3.52. The molecule has 3 rings (SSSR count). The van der Waals surface area contributed by atoms with Crippen LogP contribution in [0.5, 0.6) is 0 Å². The van der Waals surface area contributed by atoms with Crippen LogP contribution >= 0.6 is 7.14 Å². The number of rotatable bonds is 6. The van der Waals surface area contributed by atoms with Crippen LogP contribution in [0.15, 0.2) is 72.8 Å². The normalized spacial score (nSPS) is 11.2. The first-order valence-electron chi connectivity index (χ1n) is 9.69. The van der Waals surface area contributed by atoms with Gasteiger partial charge in [0.15, 0.2) is 7.14 Å².